The van der Waals surface area contributed by atoms with E-state index in [1.54, 1.807) is 44.2 Å². The lowest BCUT2D eigenvalue weighted by molar-refractivity contribution is -0.200. The summed E-state index contributed by atoms with van der Waals surface area (Å²) in [4.78, 5) is 64.2. The van der Waals surface area contributed by atoms with E-state index >= 15 is 0 Å². The summed E-state index contributed by atoms with van der Waals surface area (Å²) in [5, 5.41) is 9.27. The summed E-state index contributed by atoms with van der Waals surface area (Å²) in [5.74, 6) is -1.59. The van der Waals surface area contributed by atoms with Crippen LogP contribution in [0.3, 0.4) is 0 Å². The molecule has 3 aromatic rings. The zero-order chi connectivity index (χ0) is 34.4. The molecular formula is C30H32ClN5O11. The molecule has 0 radical (unpaired) electrons. The van der Waals surface area contributed by atoms with Crippen LogP contribution in [0.25, 0.3) is 11.2 Å². The van der Waals surface area contributed by atoms with Crippen LogP contribution < -0.4 is 5.48 Å². The van der Waals surface area contributed by atoms with E-state index in [2.05, 4.69) is 20.9 Å². The van der Waals surface area contributed by atoms with Gasteiger partial charge in [0.15, 0.2) is 23.2 Å². The van der Waals surface area contributed by atoms with E-state index in [9.17, 15) is 24.4 Å². The highest BCUT2D eigenvalue weighted by atomic mass is 35.5. The molecule has 0 unspecified atom stereocenters. The number of imidazole rings is 1. The van der Waals surface area contributed by atoms with Crippen LogP contribution in [0, 0.1) is 12.3 Å². The Hall–Kier alpha value is -4.82. The van der Waals surface area contributed by atoms with Crippen molar-refractivity contribution < 1.29 is 52.8 Å². The molecule has 2 aromatic heterocycles. The third-order valence-electron chi connectivity index (χ3n) is 7.06. The largest absolute Gasteiger partial charge is 0.463 e. The molecule has 17 heteroatoms. The van der Waals surface area contributed by atoms with Crippen molar-refractivity contribution >= 4 is 52.5 Å². The van der Waals surface area contributed by atoms with Gasteiger partial charge in [0.25, 0.3) is 5.60 Å². The molecule has 2 N–H and O–H groups in total. The smallest absolute Gasteiger partial charge is 0.350 e. The number of aromatic nitrogens is 4. The topological polar surface area (TPSA) is 200 Å². The number of fused-ring (bicyclic) bond motifs is 1. The van der Waals surface area contributed by atoms with Crippen molar-refractivity contribution in [3.8, 4) is 12.3 Å². The summed E-state index contributed by atoms with van der Waals surface area (Å²) < 4.78 is 35.5. The molecule has 0 amide bonds. The van der Waals surface area contributed by atoms with Gasteiger partial charge in [-0.2, -0.15) is 9.97 Å². The molecule has 1 aliphatic heterocycles. The fourth-order valence-corrected chi connectivity index (χ4v) is 5.31. The summed E-state index contributed by atoms with van der Waals surface area (Å²) >= 11 is 6.07. The van der Waals surface area contributed by atoms with E-state index in [0.717, 1.165) is 13.8 Å². The molecule has 0 bridgehead atoms. The summed E-state index contributed by atoms with van der Waals surface area (Å²) in [6.07, 6.45) is 2.40. The van der Waals surface area contributed by atoms with Crippen molar-refractivity contribution in [2.24, 2.45) is 0 Å². The molecule has 0 spiro atoms. The molecule has 47 heavy (non-hydrogen) atoms. The van der Waals surface area contributed by atoms with Crippen LogP contribution in [-0.2, 0) is 54.0 Å². The number of esters is 4. The van der Waals surface area contributed by atoms with Gasteiger partial charge >= 0.3 is 23.9 Å². The van der Waals surface area contributed by atoms with Crippen LogP contribution >= 0.6 is 11.6 Å². The second-order valence-corrected chi connectivity index (χ2v) is 10.4. The molecule has 1 aliphatic rings. The first-order valence-corrected chi connectivity index (χ1v) is 14.7. The number of halogens is 1. The quantitative estimate of drug-likeness (QED) is 0.0667. The van der Waals surface area contributed by atoms with Crippen molar-refractivity contribution in [2.45, 2.75) is 63.8 Å². The SMILES string of the molecule is C#C[C@@]1(OC(C)=O)[C@@H](COC(Cc2ccccc2)(C(=O)OCC)C(=O)OCC)O[C@@H](n2cnc3c(NO)nc(Cl)nc32)[C@@H]1OC(C)=O. The normalized spacial score (nSPS) is 20.7. The predicted molar refractivity (Wildman–Crippen MR) is 161 cm³/mol. The lowest BCUT2D eigenvalue weighted by atomic mass is 9.91. The van der Waals surface area contributed by atoms with Crippen LogP contribution in [-0.4, -0.2) is 91.8 Å². The lowest BCUT2D eigenvalue weighted by Gasteiger charge is -2.34. The number of benzene rings is 1. The van der Waals surface area contributed by atoms with Gasteiger partial charge in [0.05, 0.1) is 26.1 Å². The fraction of sp³-hybridized carbons (Fsp3) is 0.433. The highest BCUT2D eigenvalue weighted by molar-refractivity contribution is 6.28. The highest BCUT2D eigenvalue weighted by Crippen LogP contribution is 2.44. The maximum atomic E-state index is 13.5. The van der Waals surface area contributed by atoms with Crippen LogP contribution in [0.5, 0.6) is 0 Å². The van der Waals surface area contributed by atoms with Crippen LogP contribution in [0.2, 0.25) is 5.28 Å². The number of nitrogens with one attached hydrogen (secondary N) is 1. The Bertz CT molecular complexity index is 1660. The Morgan fingerprint density at radius 2 is 1.77 bits per heavy atom. The third kappa shape index (κ3) is 6.98. The van der Waals surface area contributed by atoms with Crippen LogP contribution in [0.15, 0.2) is 36.7 Å². The van der Waals surface area contributed by atoms with Crippen molar-refractivity contribution in [3.05, 3.63) is 47.5 Å². The molecular weight excluding hydrogens is 642 g/mol. The van der Waals surface area contributed by atoms with Crippen molar-refractivity contribution in [2.75, 3.05) is 25.3 Å². The number of terminal acetylenes is 1. The molecule has 4 atom stereocenters. The minimum atomic E-state index is -2.37. The number of hydrogen-bond donors (Lipinski definition) is 2. The monoisotopic (exact) mass is 673 g/mol. The van der Waals surface area contributed by atoms with Crippen LogP contribution in [0.1, 0.15) is 39.5 Å². The van der Waals surface area contributed by atoms with E-state index in [1.165, 1.54) is 10.9 Å². The van der Waals surface area contributed by atoms with Gasteiger partial charge in [0.1, 0.15) is 6.10 Å². The average Bonchev–Trinajstić information content (AvgIpc) is 3.57. The van der Waals surface area contributed by atoms with Gasteiger partial charge < -0.3 is 28.4 Å². The number of anilines is 1. The minimum Gasteiger partial charge on any atom is -0.463 e. The summed E-state index contributed by atoms with van der Waals surface area (Å²) in [6, 6.07) is 8.51. The fourth-order valence-electron chi connectivity index (χ4n) is 5.15. The predicted octanol–water partition coefficient (Wildman–Crippen LogP) is 2.17. The molecule has 4 rings (SSSR count). The molecule has 3 heterocycles. The minimum absolute atomic E-state index is 0.00418. The number of ether oxygens (including phenoxy) is 6. The first kappa shape index (κ1) is 35.0. The first-order valence-electron chi connectivity index (χ1n) is 14.3. The molecule has 1 saturated heterocycles. The van der Waals surface area contributed by atoms with E-state index < -0.39 is 60.1 Å². The van der Waals surface area contributed by atoms with E-state index in [1.807, 2.05) is 5.48 Å². The van der Waals surface area contributed by atoms with E-state index in [0.29, 0.717) is 5.56 Å². The highest BCUT2D eigenvalue weighted by Gasteiger charge is 2.63. The van der Waals surface area contributed by atoms with Gasteiger partial charge in [0, 0.05) is 20.3 Å². The molecule has 0 saturated carbocycles. The van der Waals surface area contributed by atoms with Crippen molar-refractivity contribution in [1.82, 2.24) is 19.5 Å². The van der Waals surface area contributed by atoms with Gasteiger partial charge in [-0.3, -0.25) is 24.8 Å². The maximum Gasteiger partial charge on any atom is 0.350 e. The number of carbonyl (C=O) groups is 4. The van der Waals surface area contributed by atoms with Gasteiger partial charge in [-0.15, -0.1) is 6.42 Å². The average molecular weight is 674 g/mol. The number of nitrogens with zero attached hydrogens (tertiary/aromatic N) is 4. The Kier molecular flexibility index (Phi) is 11.0. The van der Waals surface area contributed by atoms with Crippen LogP contribution in [0.4, 0.5) is 5.82 Å². The molecule has 0 aliphatic carbocycles. The van der Waals surface area contributed by atoms with Gasteiger partial charge in [-0.05, 0) is 31.0 Å². The zero-order valence-electron chi connectivity index (χ0n) is 25.8. The summed E-state index contributed by atoms with van der Waals surface area (Å²) in [6.45, 7) is 4.39. The van der Waals surface area contributed by atoms with Gasteiger partial charge in [-0.1, -0.05) is 36.3 Å². The number of rotatable bonds is 13. The second-order valence-electron chi connectivity index (χ2n) is 10.1. The van der Waals surface area contributed by atoms with Gasteiger partial charge in [0.2, 0.25) is 17.0 Å². The van der Waals surface area contributed by atoms with Crippen molar-refractivity contribution in [1.29, 1.82) is 0 Å². The standard InChI is InChI=1S/C30H32ClN5O11/c1-6-29(47-18(5)38)20(15-44-30(26(39)42-7-2,27(40)43-8-3)14-19-12-10-9-11-13-19)46-25(22(29)45-17(4)37)36-16-32-21-23(35-41)33-28(31)34-24(21)36/h1,9-13,16,20,22,25,41H,7-8,14-15H2,2-5H3,(H,33,34,35)/t20-,22+,25-,29-/m1/s1. The van der Waals surface area contributed by atoms with Gasteiger partial charge in [-0.25, -0.2) is 14.6 Å². The lowest BCUT2D eigenvalue weighted by Crippen LogP contribution is -2.57. The molecule has 1 fully saturated rings. The van der Waals surface area contributed by atoms with Crippen molar-refractivity contribution in [3.63, 3.8) is 0 Å². The first-order chi connectivity index (χ1) is 22.5. The zero-order valence-corrected chi connectivity index (χ0v) is 26.6. The molecule has 16 nitrogen and oxygen atoms in total. The number of carbonyl (C=O) groups excluding carboxylic acids is 4. The third-order valence-corrected chi connectivity index (χ3v) is 7.23. The number of hydrogen-bond acceptors (Lipinski definition) is 15. The Labute approximate surface area is 273 Å². The Morgan fingerprint density at radius 1 is 1.11 bits per heavy atom. The summed E-state index contributed by atoms with van der Waals surface area (Å²) in [5.41, 5.74) is -2.14. The maximum absolute atomic E-state index is 13.5. The Balaban J connectivity index is 1.86. The second kappa shape index (κ2) is 14.7. The Morgan fingerprint density at radius 3 is 2.32 bits per heavy atom. The molecule has 250 valence electrons. The van der Waals surface area contributed by atoms with E-state index in [4.69, 9.17) is 46.4 Å². The molecule has 1 aromatic carbocycles. The van der Waals surface area contributed by atoms with E-state index in [-0.39, 0.29) is 41.9 Å². The summed E-state index contributed by atoms with van der Waals surface area (Å²) in [7, 11) is 0.